The molecule has 0 aromatic heterocycles. The molecule has 4 rings (SSSR count). The fourth-order valence-electron chi connectivity index (χ4n) is 4.04. The van der Waals surface area contributed by atoms with Crippen LogP contribution < -0.4 is 5.32 Å². The average molecular weight is 332 g/mol. The third kappa shape index (κ3) is 2.15. The average Bonchev–Trinajstić information content (AvgIpc) is 3.20. The zero-order valence-electron chi connectivity index (χ0n) is 12.5. The van der Waals surface area contributed by atoms with E-state index in [0.717, 1.165) is 23.5 Å². The van der Waals surface area contributed by atoms with Crippen LogP contribution in [-0.4, -0.2) is 29.2 Å². The first-order valence-corrected chi connectivity index (χ1v) is 7.74. The van der Waals surface area contributed by atoms with E-state index < -0.39 is 24.1 Å². The van der Waals surface area contributed by atoms with Crippen LogP contribution in [0.4, 0.5) is 14.5 Å². The maximum absolute atomic E-state index is 13.6. The van der Waals surface area contributed by atoms with Gasteiger partial charge in [0.05, 0.1) is 17.5 Å². The number of rotatable bonds is 3. The lowest BCUT2D eigenvalue weighted by Gasteiger charge is -2.17. The number of likely N-dealkylation sites (tertiary alicyclic amines) is 1. The third-order valence-corrected chi connectivity index (χ3v) is 5.07. The lowest BCUT2D eigenvalue weighted by atomic mass is 9.85. The summed E-state index contributed by atoms with van der Waals surface area (Å²) >= 11 is 0. The fourth-order valence-corrected chi connectivity index (χ4v) is 4.04. The van der Waals surface area contributed by atoms with Gasteiger partial charge in [-0.05, 0) is 30.4 Å². The smallest absolute Gasteiger partial charge is 0.244 e. The van der Waals surface area contributed by atoms with Gasteiger partial charge in [-0.15, -0.1) is 0 Å². The Morgan fingerprint density at radius 2 is 1.75 bits per heavy atom. The second kappa shape index (κ2) is 5.22. The van der Waals surface area contributed by atoms with Crippen LogP contribution in [0.1, 0.15) is 6.42 Å². The molecule has 5 nitrogen and oxygen atoms in total. The van der Waals surface area contributed by atoms with Crippen LogP contribution in [0.5, 0.6) is 0 Å². The predicted octanol–water partition coefficient (Wildman–Crippen LogP) is 1.71. The van der Waals surface area contributed by atoms with E-state index in [4.69, 9.17) is 0 Å². The molecule has 1 heterocycles. The number of benzene rings is 1. The summed E-state index contributed by atoms with van der Waals surface area (Å²) in [5.74, 6) is -3.65. The summed E-state index contributed by atoms with van der Waals surface area (Å²) in [5, 5.41) is 2.27. The molecular formula is C17H14F2N2O3. The first-order chi connectivity index (χ1) is 11.5. The van der Waals surface area contributed by atoms with Gasteiger partial charge in [0.2, 0.25) is 17.7 Å². The molecule has 1 aromatic rings. The Balaban J connectivity index is 1.47. The topological polar surface area (TPSA) is 66.5 Å². The number of amides is 3. The van der Waals surface area contributed by atoms with Gasteiger partial charge in [0.25, 0.3) is 0 Å². The number of imide groups is 1. The minimum Gasteiger partial charge on any atom is -0.322 e. The summed E-state index contributed by atoms with van der Waals surface area (Å²) < 4.78 is 26.4. The van der Waals surface area contributed by atoms with Crippen LogP contribution >= 0.6 is 0 Å². The van der Waals surface area contributed by atoms with Crippen molar-refractivity contribution in [1.82, 2.24) is 4.90 Å². The highest BCUT2D eigenvalue weighted by molar-refractivity contribution is 6.09. The normalized spacial score (nSPS) is 30.2. The monoisotopic (exact) mass is 332 g/mol. The molecule has 3 amide bonds. The molecule has 0 radical (unpaired) electrons. The summed E-state index contributed by atoms with van der Waals surface area (Å²) in [7, 11) is 0. The van der Waals surface area contributed by atoms with Crippen molar-refractivity contribution in [1.29, 1.82) is 0 Å². The molecular weight excluding hydrogens is 318 g/mol. The van der Waals surface area contributed by atoms with E-state index in [2.05, 4.69) is 5.32 Å². The van der Waals surface area contributed by atoms with Crippen molar-refractivity contribution in [2.75, 3.05) is 11.9 Å². The highest BCUT2D eigenvalue weighted by Gasteiger charge is 2.59. The number of carbonyl (C=O) groups is 3. The summed E-state index contributed by atoms with van der Waals surface area (Å²) in [4.78, 5) is 37.9. The van der Waals surface area contributed by atoms with Crippen molar-refractivity contribution in [2.45, 2.75) is 6.42 Å². The Morgan fingerprint density at radius 3 is 2.33 bits per heavy atom. The summed E-state index contributed by atoms with van der Waals surface area (Å²) in [6.07, 6.45) is 4.75. The zero-order valence-corrected chi connectivity index (χ0v) is 12.5. The number of hydrogen-bond donors (Lipinski definition) is 1. The third-order valence-electron chi connectivity index (χ3n) is 5.07. The molecule has 1 N–H and O–H groups in total. The number of hydrogen-bond acceptors (Lipinski definition) is 3. The van der Waals surface area contributed by atoms with E-state index in [-0.39, 0.29) is 41.2 Å². The molecule has 24 heavy (non-hydrogen) atoms. The summed E-state index contributed by atoms with van der Waals surface area (Å²) in [6.45, 7) is -0.457. The molecule has 2 fully saturated rings. The SMILES string of the molecule is O=C(CN1C(=O)C2C3C=CC(C3)C2C1=O)Nc1ccc(F)cc1F. The molecule has 1 aliphatic heterocycles. The Hall–Kier alpha value is -2.57. The van der Waals surface area contributed by atoms with Crippen molar-refractivity contribution < 1.29 is 23.2 Å². The van der Waals surface area contributed by atoms with Crippen molar-refractivity contribution in [3.8, 4) is 0 Å². The Morgan fingerprint density at radius 1 is 1.12 bits per heavy atom. The van der Waals surface area contributed by atoms with Gasteiger partial charge >= 0.3 is 0 Å². The first-order valence-electron chi connectivity index (χ1n) is 7.74. The maximum Gasteiger partial charge on any atom is 0.244 e. The highest BCUT2D eigenvalue weighted by atomic mass is 19.1. The Bertz CT molecular complexity index is 762. The van der Waals surface area contributed by atoms with E-state index >= 15 is 0 Å². The van der Waals surface area contributed by atoms with Gasteiger partial charge in [-0.2, -0.15) is 0 Å². The number of nitrogens with one attached hydrogen (secondary N) is 1. The summed E-state index contributed by atoms with van der Waals surface area (Å²) in [6, 6.07) is 2.75. The molecule has 3 aliphatic rings. The number of fused-ring (bicyclic) bond motifs is 5. The molecule has 0 spiro atoms. The lowest BCUT2D eigenvalue weighted by Crippen LogP contribution is -2.39. The lowest BCUT2D eigenvalue weighted by molar-refractivity contribution is -0.143. The van der Waals surface area contributed by atoms with Gasteiger partial charge in [-0.25, -0.2) is 8.78 Å². The van der Waals surface area contributed by atoms with Crippen LogP contribution in [0.3, 0.4) is 0 Å². The van der Waals surface area contributed by atoms with Crippen molar-refractivity contribution in [2.24, 2.45) is 23.7 Å². The molecule has 2 aliphatic carbocycles. The van der Waals surface area contributed by atoms with Crippen LogP contribution in [0.25, 0.3) is 0 Å². The second-order valence-corrected chi connectivity index (χ2v) is 6.43. The van der Waals surface area contributed by atoms with E-state index in [0.29, 0.717) is 6.07 Å². The van der Waals surface area contributed by atoms with Gasteiger partial charge in [0.15, 0.2) is 0 Å². The molecule has 1 saturated heterocycles. The van der Waals surface area contributed by atoms with Crippen LogP contribution in [-0.2, 0) is 14.4 Å². The molecule has 2 bridgehead atoms. The number of nitrogens with zero attached hydrogens (tertiary/aromatic N) is 1. The van der Waals surface area contributed by atoms with Crippen molar-refractivity contribution >= 4 is 23.4 Å². The van der Waals surface area contributed by atoms with Crippen LogP contribution in [0.15, 0.2) is 30.4 Å². The van der Waals surface area contributed by atoms with E-state index in [1.54, 1.807) is 0 Å². The predicted molar refractivity (Wildman–Crippen MR) is 79.4 cm³/mol. The van der Waals surface area contributed by atoms with Gasteiger partial charge in [0, 0.05) is 6.07 Å². The fraction of sp³-hybridized carbons (Fsp3) is 0.353. The van der Waals surface area contributed by atoms with Gasteiger partial charge in [0.1, 0.15) is 18.2 Å². The number of carbonyl (C=O) groups excluding carboxylic acids is 3. The van der Waals surface area contributed by atoms with Gasteiger partial charge < -0.3 is 5.32 Å². The first kappa shape index (κ1) is 15.0. The second-order valence-electron chi connectivity index (χ2n) is 6.43. The largest absolute Gasteiger partial charge is 0.322 e. The minimum absolute atomic E-state index is 0.0686. The number of anilines is 1. The van der Waals surface area contributed by atoms with E-state index in [1.165, 1.54) is 0 Å². The van der Waals surface area contributed by atoms with Gasteiger partial charge in [-0.3, -0.25) is 19.3 Å². The minimum atomic E-state index is -0.915. The highest BCUT2D eigenvalue weighted by Crippen LogP contribution is 2.52. The standard InChI is InChI=1S/C17H14F2N2O3/c18-10-3-4-12(11(19)6-10)20-13(22)7-21-16(23)14-8-1-2-9(5-8)15(14)17(21)24/h1-4,6,8-9,14-15H,5,7H2,(H,20,22). The van der Waals surface area contributed by atoms with Crippen molar-refractivity contribution in [3.05, 3.63) is 42.0 Å². The zero-order chi connectivity index (χ0) is 17.0. The Kier molecular flexibility index (Phi) is 3.26. The number of halogens is 2. The molecule has 1 saturated carbocycles. The molecule has 4 unspecified atom stereocenters. The maximum atomic E-state index is 13.6. The molecule has 1 aromatic carbocycles. The van der Waals surface area contributed by atoms with Crippen molar-refractivity contribution in [3.63, 3.8) is 0 Å². The van der Waals surface area contributed by atoms with E-state index in [1.807, 2.05) is 12.2 Å². The van der Waals surface area contributed by atoms with Crippen LogP contribution in [0, 0.1) is 35.3 Å². The van der Waals surface area contributed by atoms with Gasteiger partial charge in [-0.1, -0.05) is 12.2 Å². The van der Waals surface area contributed by atoms with E-state index in [9.17, 15) is 23.2 Å². The Labute approximate surface area is 136 Å². The quantitative estimate of drug-likeness (QED) is 0.677. The van der Waals surface area contributed by atoms with Crippen LogP contribution in [0.2, 0.25) is 0 Å². The summed E-state index contributed by atoms with van der Waals surface area (Å²) in [5.41, 5.74) is -0.192. The molecule has 7 heteroatoms. The molecule has 4 atom stereocenters. The molecule has 124 valence electrons. The number of allylic oxidation sites excluding steroid dienone is 2.